The summed E-state index contributed by atoms with van der Waals surface area (Å²) in [5.74, 6) is 0.133. The van der Waals surface area contributed by atoms with E-state index in [-0.39, 0.29) is 12.5 Å². The van der Waals surface area contributed by atoms with Crippen molar-refractivity contribution in [2.45, 2.75) is 31.8 Å². The van der Waals surface area contributed by atoms with E-state index in [1.165, 1.54) is 11.9 Å². The minimum absolute atomic E-state index is 0.133. The minimum atomic E-state index is 0.133. The Labute approximate surface area is 118 Å². The molecule has 1 atom stereocenters. The van der Waals surface area contributed by atoms with Crippen molar-refractivity contribution in [3.05, 3.63) is 48.5 Å². The fraction of sp³-hybridized carbons (Fsp3) is 0.400. The molecule has 1 unspecified atom stereocenters. The Balaban J connectivity index is 1.64. The zero-order chi connectivity index (χ0) is 13.8. The van der Waals surface area contributed by atoms with Crippen LogP contribution < -0.4 is 0 Å². The molecule has 1 fully saturated rings. The molecule has 104 valence electrons. The third kappa shape index (κ3) is 2.87. The summed E-state index contributed by atoms with van der Waals surface area (Å²) in [5.41, 5.74) is 1.29. The number of amides is 1. The molecule has 1 aromatic heterocycles. The van der Waals surface area contributed by atoms with Crippen molar-refractivity contribution in [2.75, 3.05) is 6.54 Å². The first-order valence-corrected chi connectivity index (χ1v) is 6.99. The fourth-order valence-corrected chi connectivity index (χ4v) is 2.81. The fourth-order valence-electron chi connectivity index (χ4n) is 2.81. The second kappa shape index (κ2) is 5.86. The monoisotopic (exact) mass is 270 g/mol. The van der Waals surface area contributed by atoms with Crippen LogP contribution in [0.2, 0.25) is 0 Å². The maximum atomic E-state index is 12.4. The van der Waals surface area contributed by atoms with Gasteiger partial charge in [-0.05, 0) is 24.8 Å². The Hall–Kier alpha value is -2.17. The summed E-state index contributed by atoms with van der Waals surface area (Å²) in [4.78, 5) is 18.2. The van der Waals surface area contributed by atoms with Gasteiger partial charge >= 0.3 is 0 Å². The molecule has 2 heterocycles. The lowest BCUT2D eigenvalue weighted by Crippen LogP contribution is -2.39. The summed E-state index contributed by atoms with van der Waals surface area (Å²) in [7, 11) is 0. The van der Waals surface area contributed by atoms with Gasteiger partial charge in [0.1, 0.15) is 19.2 Å². The molecule has 0 aliphatic carbocycles. The first kappa shape index (κ1) is 12.8. The average molecular weight is 270 g/mol. The Morgan fingerprint density at radius 1 is 1.30 bits per heavy atom. The molecule has 5 heteroatoms. The van der Waals surface area contributed by atoms with Crippen LogP contribution >= 0.6 is 0 Å². The van der Waals surface area contributed by atoms with E-state index in [9.17, 15) is 4.79 Å². The summed E-state index contributed by atoms with van der Waals surface area (Å²) in [6.07, 6.45) is 6.14. The molecule has 2 aromatic rings. The van der Waals surface area contributed by atoms with Gasteiger partial charge in [0.2, 0.25) is 5.91 Å². The molecule has 1 aromatic carbocycles. The number of carbonyl (C=O) groups excluding carboxylic acids is 1. The van der Waals surface area contributed by atoms with Crippen molar-refractivity contribution in [2.24, 2.45) is 0 Å². The number of aromatic nitrogens is 3. The number of benzene rings is 1. The molecule has 0 saturated carbocycles. The van der Waals surface area contributed by atoms with Gasteiger partial charge in [-0.2, -0.15) is 5.10 Å². The lowest BCUT2D eigenvalue weighted by Gasteiger charge is -2.24. The second-order valence-corrected chi connectivity index (χ2v) is 5.17. The van der Waals surface area contributed by atoms with Crippen LogP contribution in [0.1, 0.15) is 18.4 Å². The van der Waals surface area contributed by atoms with Crippen molar-refractivity contribution >= 4 is 5.91 Å². The maximum absolute atomic E-state index is 12.4. The third-order valence-electron chi connectivity index (χ3n) is 3.78. The molecule has 1 saturated heterocycles. The summed E-state index contributed by atoms with van der Waals surface area (Å²) in [6.45, 7) is 1.14. The number of carbonyl (C=O) groups is 1. The number of rotatable bonds is 4. The van der Waals surface area contributed by atoms with Gasteiger partial charge in [0.25, 0.3) is 0 Å². The smallest absolute Gasteiger partial charge is 0.244 e. The van der Waals surface area contributed by atoms with E-state index >= 15 is 0 Å². The molecule has 0 radical (unpaired) electrons. The zero-order valence-corrected chi connectivity index (χ0v) is 11.4. The topological polar surface area (TPSA) is 51.0 Å². The Kier molecular flexibility index (Phi) is 3.76. The summed E-state index contributed by atoms with van der Waals surface area (Å²) in [6, 6.07) is 10.7. The lowest BCUT2D eigenvalue weighted by molar-refractivity contribution is -0.132. The van der Waals surface area contributed by atoms with Crippen molar-refractivity contribution in [1.29, 1.82) is 0 Å². The molecule has 5 nitrogen and oxygen atoms in total. The highest BCUT2D eigenvalue weighted by Crippen LogP contribution is 2.21. The van der Waals surface area contributed by atoms with Crippen LogP contribution in [-0.2, 0) is 17.8 Å². The van der Waals surface area contributed by atoms with Gasteiger partial charge in [0, 0.05) is 12.6 Å². The molecule has 20 heavy (non-hydrogen) atoms. The average Bonchev–Trinajstić information content (AvgIpc) is 3.11. The molecule has 0 N–H and O–H groups in total. The normalized spacial score (nSPS) is 18.4. The summed E-state index contributed by atoms with van der Waals surface area (Å²) in [5, 5.41) is 3.99. The number of hydrogen-bond donors (Lipinski definition) is 0. The summed E-state index contributed by atoms with van der Waals surface area (Å²) >= 11 is 0. The minimum Gasteiger partial charge on any atom is -0.338 e. The lowest BCUT2D eigenvalue weighted by atomic mass is 10.0. The predicted molar refractivity (Wildman–Crippen MR) is 74.9 cm³/mol. The van der Waals surface area contributed by atoms with E-state index < -0.39 is 0 Å². The molecule has 1 aliphatic rings. The maximum Gasteiger partial charge on any atom is 0.244 e. The zero-order valence-electron chi connectivity index (χ0n) is 11.4. The van der Waals surface area contributed by atoms with E-state index in [1.54, 1.807) is 11.0 Å². The van der Waals surface area contributed by atoms with Gasteiger partial charge in [-0.25, -0.2) is 9.67 Å². The molecular formula is C15H18N4O. The van der Waals surface area contributed by atoms with Crippen LogP contribution in [0.5, 0.6) is 0 Å². The molecule has 3 rings (SSSR count). The van der Waals surface area contributed by atoms with E-state index in [0.717, 1.165) is 25.8 Å². The van der Waals surface area contributed by atoms with Gasteiger partial charge in [-0.1, -0.05) is 30.3 Å². The van der Waals surface area contributed by atoms with Crippen LogP contribution in [0.25, 0.3) is 0 Å². The first-order valence-electron chi connectivity index (χ1n) is 6.99. The Morgan fingerprint density at radius 3 is 2.90 bits per heavy atom. The van der Waals surface area contributed by atoms with E-state index in [0.29, 0.717) is 6.04 Å². The van der Waals surface area contributed by atoms with Gasteiger partial charge in [-0.3, -0.25) is 4.79 Å². The Morgan fingerprint density at radius 2 is 2.15 bits per heavy atom. The Bertz CT molecular complexity index is 553. The van der Waals surface area contributed by atoms with E-state index in [4.69, 9.17) is 0 Å². The van der Waals surface area contributed by atoms with E-state index in [1.807, 2.05) is 23.1 Å². The molecular weight excluding hydrogens is 252 g/mol. The number of nitrogens with zero attached hydrogens (tertiary/aromatic N) is 4. The highest BCUT2D eigenvalue weighted by Gasteiger charge is 2.28. The van der Waals surface area contributed by atoms with Crippen LogP contribution in [0.4, 0.5) is 0 Å². The van der Waals surface area contributed by atoms with Crippen molar-refractivity contribution in [1.82, 2.24) is 19.7 Å². The van der Waals surface area contributed by atoms with E-state index in [2.05, 4.69) is 22.2 Å². The molecule has 1 aliphatic heterocycles. The predicted octanol–water partition coefficient (Wildman–Crippen LogP) is 1.51. The summed E-state index contributed by atoms with van der Waals surface area (Å²) < 4.78 is 1.58. The number of hydrogen-bond acceptors (Lipinski definition) is 3. The van der Waals surface area contributed by atoms with Gasteiger partial charge < -0.3 is 4.90 Å². The quantitative estimate of drug-likeness (QED) is 0.846. The van der Waals surface area contributed by atoms with Crippen LogP contribution in [0.3, 0.4) is 0 Å². The van der Waals surface area contributed by atoms with Crippen LogP contribution in [0, 0.1) is 0 Å². The van der Waals surface area contributed by atoms with Crippen molar-refractivity contribution in [3.63, 3.8) is 0 Å². The largest absolute Gasteiger partial charge is 0.338 e. The highest BCUT2D eigenvalue weighted by molar-refractivity contribution is 5.76. The van der Waals surface area contributed by atoms with Crippen LogP contribution in [-0.4, -0.2) is 38.2 Å². The highest BCUT2D eigenvalue weighted by atomic mass is 16.2. The molecule has 1 amide bonds. The van der Waals surface area contributed by atoms with Gasteiger partial charge in [-0.15, -0.1) is 0 Å². The van der Waals surface area contributed by atoms with Gasteiger partial charge in [0.05, 0.1) is 0 Å². The van der Waals surface area contributed by atoms with Crippen LogP contribution in [0.15, 0.2) is 43.0 Å². The standard InChI is InChI=1S/C15H18N4O/c20-15(10-18-12-16-11-17-18)19-8-4-7-14(19)9-13-5-2-1-3-6-13/h1-3,5-6,11-12,14H,4,7-10H2. The molecule has 0 bridgehead atoms. The number of likely N-dealkylation sites (tertiary alicyclic amines) is 1. The first-order chi connectivity index (χ1) is 9.83. The SMILES string of the molecule is O=C(Cn1cncn1)N1CCCC1Cc1ccccc1. The van der Waals surface area contributed by atoms with Gasteiger partial charge in [0.15, 0.2) is 0 Å². The molecule has 0 spiro atoms. The third-order valence-corrected chi connectivity index (χ3v) is 3.78. The van der Waals surface area contributed by atoms with Crippen molar-refractivity contribution in [3.8, 4) is 0 Å². The van der Waals surface area contributed by atoms with Crippen molar-refractivity contribution < 1.29 is 4.79 Å². The second-order valence-electron chi connectivity index (χ2n) is 5.17.